The van der Waals surface area contributed by atoms with Gasteiger partial charge in [-0.25, -0.2) is 9.97 Å². The van der Waals surface area contributed by atoms with Crippen molar-refractivity contribution in [3.63, 3.8) is 0 Å². The lowest BCUT2D eigenvalue weighted by Gasteiger charge is -2.27. The highest BCUT2D eigenvalue weighted by Crippen LogP contribution is 2.31. The van der Waals surface area contributed by atoms with Gasteiger partial charge in [-0.3, -0.25) is 4.79 Å². The van der Waals surface area contributed by atoms with E-state index in [1.54, 1.807) is 36.4 Å². The Bertz CT molecular complexity index is 1060. The van der Waals surface area contributed by atoms with Crippen LogP contribution in [0.25, 0.3) is 11.3 Å². The summed E-state index contributed by atoms with van der Waals surface area (Å²) >= 11 is 6.29. The Kier molecular flexibility index (Phi) is 5.87. The van der Waals surface area contributed by atoms with Crippen molar-refractivity contribution in [1.29, 1.82) is 0 Å². The van der Waals surface area contributed by atoms with Crippen LogP contribution in [-0.2, 0) is 11.8 Å². The molecule has 8 nitrogen and oxygen atoms in total. The molecule has 0 aliphatic carbocycles. The average Bonchev–Trinajstić information content (AvgIpc) is 3.21. The first-order chi connectivity index (χ1) is 14.5. The van der Waals surface area contributed by atoms with Crippen LogP contribution in [-0.4, -0.2) is 58.8 Å². The van der Waals surface area contributed by atoms with E-state index in [1.165, 1.54) is 0 Å². The number of hydrogen-bond acceptors (Lipinski definition) is 6. The third kappa shape index (κ3) is 4.24. The molecule has 0 bridgehead atoms. The number of aryl methyl sites for hydroxylation is 1. The van der Waals surface area contributed by atoms with E-state index < -0.39 is 0 Å². The molecule has 0 unspecified atom stereocenters. The van der Waals surface area contributed by atoms with Crippen molar-refractivity contribution >= 4 is 29.1 Å². The summed E-state index contributed by atoms with van der Waals surface area (Å²) in [6, 6.07) is 7.20. The van der Waals surface area contributed by atoms with Crippen LogP contribution < -0.4 is 10.1 Å². The first-order valence-corrected chi connectivity index (χ1v) is 9.90. The molecule has 0 radical (unpaired) electrons. The number of benzene rings is 1. The van der Waals surface area contributed by atoms with Crippen LogP contribution in [0.15, 0.2) is 42.9 Å². The Balaban J connectivity index is 1.58. The van der Waals surface area contributed by atoms with Gasteiger partial charge in [0.25, 0.3) is 5.91 Å². The molecular formula is C21H22ClN5O3. The molecule has 3 aromatic rings. The molecule has 4 rings (SSSR count). The van der Waals surface area contributed by atoms with Gasteiger partial charge in [-0.2, -0.15) is 0 Å². The molecule has 1 saturated heterocycles. The standard InChI is InChI=1S/C21H22ClN5O3/c1-26-6-5-15(13-26)19-16(22)12-23-21(25-19)24-17-4-3-14(11-18(17)29-2)20(28)27-7-9-30-10-8-27/h3-6,11-13H,7-10H2,1-2H3,(H,23,24,25). The number of carbonyl (C=O) groups excluding carboxylic acids is 1. The summed E-state index contributed by atoms with van der Waals surface area (Å²) in [5, 5.41) is 3.62. The minimum absolute atomic E-state index is 0.0442. The fourth-order valence-electron chi connectivity index (χ4n) is 3.27. The number of nitrogens with one attached hydrogen (secondary N) is 1. The molecule has 2 aromatic heterocycles. The number of amides is 1. The molecule has 1 amide bonds. The van der Waals surface area contributed by atoms with Gasteiger partial charge in [-0.15, -0.1) is 0 Å². The fourth-order valence-corrected chi connectivity index (χ4v) is 3.47. The zero-order chi connectivity index (χ0) is 21.1. The maximum Gasteiger partial charge on any atom is 0.254 e. The smallest absolute Gasteiger partial charge is 0.254 e. The van der Waals surface area contributed by atoms with Crippen LogP contribution in [0.4, 0.5) is 11.6 Å². The summed E-state index contributed by atoms with van der Waals surface area (Å²) in [4.78, 5) is 23.3. The fraction of sp³-hybridized carbons (Fsp3) is 0.286. The van der Waals surface area contributed by atoms with Gasteiger partial charge in [0.05, 0.1) is 42.9 Å². The van der Waals surface area contributed by atoms with Gasteiger partial charge in [-0.05, 0) is 24.3 Å². The molecule has 0 spiro atoms. The molecule has 1 aliphatic heterocycles. The first-order valence-electron chi connectivity index (χ1n) is 9.52. The molecule has 0 atom stereocenters. The van der Waals surface area contributed by atoms with Gasteiger partial charge in [0, 0.05) is 43.7 Å². The zero-order valence-electron chi connectivity index (χ0n) is 16.8. The van der Waals surface area contributed by atoms with Crippen LogP contribution in [0.3, 0.4) is 0 Å². The number of anilines is 2. The van der Waals surface area contributed by atoms with Crippen molar-refractivity contribution in [1.82, 2.24) is 19.4 Å². The highest BCUT2D eigenvalue weighted by Gasteiger charge is 2.20. The molecule has 30 heavy (non-hydrogen) atoms. The lowest BCUT2D eigenvalue weighted by atomic mass is 10.1. The largest absolute Gasteiger partial charge is 0.495 e. The number of nitrogens with zero attached hydrogens (tertiary/aromatic N) is 4. The number of morpholine rings is 1. The maximum atomic E-state index is 12.7. The second-order valence-corrected chi connectivity index (χ2v) is 7.31. The van der Waals surface area contributed by atoms with Crippen molar-refractivity contribution in [3.05, 3.63) is 53.4 Å². The van der Waals surface area contributed by atoms with E-state index in [-0.39, 0.29) is 5.91 Å². The summed E-state index contributed by atoms with van der Waals surface area (Å²) in [6.45, 7) is 2.28. The number of rotatable bonds is 5. The Labute approximate surface area is 179 Å². The van der Waals surface area contributed by atoms with E-state index >= 15 is 0 Å². The number of methoxy groups -OCH3 is 1. The third-order valence-electron chi connectivity index (χ3n) is 4.84. The van der Waals surface area contributed by atoms with E-state index in [4.69, 9.17) is 21.1 Å². The summed E-state index contributed by atoms with van der Waals surface area (Å²) in [5.41, 5.74) is 2.73. The third-order valence-corrected chi connectivity index (χ3v) is 5.12. The number of halogens is 1. The summed E-state index contributed by atoms with van der Waals surface area (Å²) < 4.78 is 12.7. The normalized spacial score (nSPS) is 13.9. The van der Waals surface area contributed by atoms with Gasteiger partial charge < -0.3 is 24.3 Å². The minimum Gasteiger partial charge on any atom is -0.495 e. The van der Waals surface area contributed by atoms with E-state index in [1.807, 2.05) is 30.1 Å². The van der Waals surface area contributed by atoms with Gasteiger partial charge in [-0.1, -0.05) is 11.6 Å². The molecule has 3 heterocycles. The van der Waals surface area contributed by atoms with Gasteiger partial charge in [0.1, 0.15) is 5.75 Å². The summed E-state index contributed by atoms with van der Waals surface area (Å²) in [6.07, 6.45) is 5.42. The van der Waals surface area contributed by atoms with E-state index in [0.717, 1.165) is 5.56 Å². The van der Waals surface area contributed by atoms with Crippen molar-refractivity contribution in [2.45, 2.75) is 0 Å². The predicted molar refractivity (Wildman–Crippen MR) is 114 cm³/mol. The molecule has 1 aliphatic rings. The molecular weight excluding hydrogens is 406 g/mol. The van der Waals surface area contributed by atoms with Gasteiger partial charge in [0.2, 0.25) is 5.95 Å². The molecule has 9 heteroatoms. The van der Waals surface area contributed by atoms with Gasteiger partial charge >= 0.3 is 0 Å². The van der Waals surface area contributed by atoms with Crippen LogP contribution >= 0.6 is 11.6 Å². The highest BCUT2D eigenvalue weighted by atomic mass is 35.5. The Morgan fingerprint density at radius 3 is 2.77 bits per heavy atom. The van der Waals surface area contributed by atoms with Crippen LogP contribution in [0.2, 0.25) is 5.02 Å². The van der Waals surface area contributed by atoms with E-state index in [2.05, 4.69) is 15.3 Å². The van der Waals surface area contributed by atoms with E-state index in [9.17, 15) is 4.79 Å². The molecule has 0 saturated carbocycles. The molecule has 1 aromatic carbocycles. The maximum absolute atomic E-state index is 12.7. The molecule has 156 valence electrons. The van der Waals surface area contributed by atoms with Crippen molar-refractivity contribution in [2.24, 2.45) is 7.05 Å². The van der Waals surface area contributed by atoms with Gasteiger partial charge in [0.15, 0.2) is 0 Å². The summed E-state index contributed by atoms with van der Waals surface area (Å²) in [7, 11) is 3.49. The lowest BCUT2D eigenvalue weighted by molar-refractivity contribution is 0.0302. The van der Waals surface area contributed by atoms with Crippen LogP contribution in [0.1, 0.15) is 10.4 Å². The Morgan fingerprint density at radius 2 is 2.07 bits per heavy atom. The van der Waals surface area contributed by atoms with E-state index in [0.29, 0.717) is 60.0 Å². The van der Waals surface area contributed by atoms with Crippen molar-refractivity contribution in [3.8, 4) is 17.0 Å². The Morgan fingerprint density at radius 1 is 1.27 bits per heavy atom. The number of ether oxygens (including phenoxy) is 2. The molecule has 1 N–H and O–H groups in total. The van der Waals surface area contributed by atoms with Crippen LogP contribution in [0.5, 0.6) is 5.75 Å². The first kappa shape index (κ1) is 20.2. The lowest BCUT2D eigenvalue weighted by Crippen LogP contribution is -2.40. The van der Waals surface area contributed by atoms with Crippen LogP contribution in [0, 0.1) is 0 Å². The number of hydrogen-bond donors (Lipinski definition) is 1. The minimum atomic E-state index is -0.0442. The second-order valence-electron chi connectivity index (χ2n) is 6.90. The number of aromatic nitrogens is 3. The quantitative estimate of drug-likeness (QED) is 0.672. The highest BCUT2D eigenvalue weighted by molar-refractivity contribution is 6.32. The monoisotopic (exact) mass is 427 g/mol. The SMILES string of the molecule is COc1cc(C(=O)N2CCOCC2)ccc1Nc1ncc(Cl)c(-c2ccn(C)c2)n1. The average molecular weight is 428 g/mol. The number of carbonyl (C=O) groups is 1. The topological polar surface area (TPSA) is 81.5 Å². The predicted octanol–water partition coefficient (Wildman–Crippen LogP) is 3.36. The zero-order valence-corrected chi connectivity index (χ0v) is 17.5. The Hall–Kier alpha value is -3.10. The second kappa shape index (κ2) is 8.73. The van der Waals surface area contributed by atoms with Crippen molar-refractivity contribution < 1.29 is 14.3 Å². The summed E-state index contributed by atoms with van der Waals surface area (Å²) in [5.74, 6) is 0.856. The molecule has 1 fully saturated rings. The van der Waals surface area contributed by atoms with Crippen molar-refractivity contribution in [2.75, 3.05) is 38.7 Å².